The summed E-state index contributed by atoms with van der Waals surface area (Å²) >= 11 is 0. The fourth-order valence-electron chi connectivity index (χ4n) is 2.77. The van der Waals surface area contributed by atoms with E-state index in [1.54, 1.807) is 0 Å². The van der Waals surface area contributed by atoms with Crippen LogP contribution in [0.25, 0.3) is 0 Å². The first kappa shape index (κ1) is 19.7. The van der Waals surface area contributed by atoms with E-state index in [0.717, 1.165) is 38.9 Å². The van der Waals surface area contributed by atoms with Crippen LogP contribution in [-0.2, 0) is 9.53 Å². The maximum absolute atomic E-state index is 12.1. The van der Waals surface area contributed by atoms with Gasteiger partial charge in [0.25, 0.3) is 0 Å². The van der Waals surface area contributed by atoms with E-state index < -0.39 is 11.6 Å². The number of carboxylic acids is 1. The minimum atomic E-state index is -0.751. The summed E-state index contributed by atoms with van der Waals surface area (Å²) in [5.41, 5.74) is -0.453. The lowest BCUT2D eigenvalue weighted by Crippen LogP contribution is -2.43. The van der Waals surface area contributed by atoms with E-state index in [0.29, 0.717) is 12.3 Å². The van der Waals surface area contributed by atoms with E-state index in [4.69, 9.17) is 9.84 Å². The monoisotopic (exact) mass is 328 g/mol. The van der Waals surface area contributed by atoms with Crippen LogP contribution >= 0.6 is 0 Å². The van der Waals surface area contributed by atoms with E-state index in [1.807, 2.05) is 32.6 Å². The van der Waals surface area contributed by atoms with E-state index >= 15 is 0 Å². The lowest BCUT2D eigenvalue weighted by Gasteiger charge is -2.34. The molecule has 134 valence electrons. The minimum Gasteiger partial charge on any atom is -0.481 e. The summed E-state index contributed by atoms with van der Waals surface area (Å²) in [5, 5.41) is 12.0. The van der Waals surface area contributed by atoms with Gasteiger partial charge in [0.1, 0.15) is 5.60 Å². The van der Waals surface area contributed by atoms with Crippen LogP contribution in [-0.4, -0.2) is 53.3 Å². The summed E-state index contributed by atoms with van der Waals surface area (Å²) in [4.78, 5) is 24.5. The highest BCUT2D eigenvalue weighted by molar-refractivity contribution is 5.68. The number of ether oxygens (including phenoxy) is 1. The zero-order valence-electron chi connectivity index (χ0n) is 14.9. The largest absolute Gasteiger partial charge is 0.481 e. The Bertz CT molecular complexity index is 393. The Morgan fingerprint density at radius 3 is 2.70 bits per heavy atom. The quantitative estimate of drug-likeness (QED) is 0.751. The summed E-state index contributed by atoms with van der Waals surface area (Å²) < 4.78 is 5.44. The number of nitrogens with one attached hydrogen (secondary N) is 1. The summed E-state index contributed by atoms with van der Waals surface area (Å²) in [6, 6.07) is 0.205. The average molecular weight is 328 g/mol. The SMILES string of the molecule is CC(CCC(=O)O)NCCC1CCCN(C(=O)OC(C)(C)C)C1. The van der Waals surface area contributed by atoms with Gasteiger partial charge in [0.15, 0.2) is 0 Å². The van der Waals surface area contributed by atoms with Crippen molar-refractivity contribution < 1.29 is 19.4 Å². The summed E-state index contributed by atoms with van der Waals surface area (Å²) in [5.74, 6) is -0.269. The van der Waals surface area contributed by atoms with Gasteiger partial charge < -0.3 is 20.1 Å². The Kier molecular flexibility index (Phi) is 7.82. The third kappa shape index (κ3) is 8.79. The molecule has 1 rings (SSSR count). The van der Waals surface area contributed by atoms with Crippen molar-refractivity contribution in [3.63, 3.8) is 0 Å². The van der Waals surface area contributed by atoms with Crippen LogP contribution in [0.15, 0.2) is 0 Å². The molecule has 6 nitrogen and oxygen atoms in total. The first-order valence-corrected chi connectivity index (χ1v) is 8.60. The molecule has 6 heteroatoms. The number of rotatable bonds is 7. The number of amides is 1. The summed E-state index contributed by atoms with van der Waals surface area (Å²) in [7, 11) is 0. The van der Waals surface area contributed by atoms with Gasteiger partial charge in [-0.2, -0.15) is 0 Å². The number of carboxylic acid groups (broad SMARTS) is 1. The van der Waals surface area contributed by atoms with Crippen LogP contribution in [0.5, 0.6) is 0 Å². The first-order valence-electron chi connectivity index (χ1n) is 8.60. The number of nitrogens with zero attached hydrogens (tertiary/aromatic N) is 1. The van der Waals surface area contributed by atoms with Crippen molar-refractivity contribution in [3.05, 3.63) is 0 Å². The summed E-state index contributed by atoms with van der Waals surface area (Å²) in [6.07, 6.45) is 3.76. The molecule has 0 aromatic rings. The Morgan fingerprint density at radius 1 is 1.39 bits per heavy atom. The predicted molar refractivity (Wildman–Crippen MR) is 89.5 cm³/mol. The molecule has 0 aromatic carbocycles. The van der Waals surface area contributed by atoms with Crippen LogP contribution in [0, 0.1) is 5.92 Å². The second kappa shape index (κ2) is 9.11. The molecule has 1 aliphatic rings. The molecule has 1 saturated heterocycles. The van der Waals surface area contributed by atoms with Crippen LogP contribution in [0.2, 0.25) is 0 Å². The molecule has 1 heterocycles. The number of aliphatic carboxylic acids is 1. The molecular formula is C17H32N2O4. The smallest absolute Gasteiger partial charge is 0.410 e. The minimum absolute atomic E-state index is 0.198. The molecule has 23 heavy (non-hydrogen) atoms. The fourth-order valence-corrected chi connectivity index (χ4v) is 2.77. The highest BCUT2D eigenvalue weighted by Crippen LogP contribution is 2.21. The van der Waals surface area contributed by atoms with Crippen molar-refractivity contribution in [1.29, 1.82) is 0 Å². The van der Waals surface area contributed by atoms with Gasteiger partial charge in [-0.3, -0.25) is 4.79 Å². The van der Waals surface area contributed by atoms with Crippen LogP contribution in [0.4, 0.5) is 4.79 Å². The van der Waals surface area contributed by atoms with Gasteiger partial charge in [-0.25, -0.2) is 4.79 Å². The van der Waals surface area contributed by atoms with Crippen molar-refractivity contribution in [2.75, 3.05) is 19.6 Å². The molecular weight excluding hydrogens is 296 g/mol. The fraction of sp³-hybridized carbons (Fsp3) is 0.882. The normalized spacial score (nSPS) is 20.2. The topological polar surface area (TPSA) is 78.9 Å². The van der Waals surface area contributed by atoms with Crippen LogP contribution in [0.3, 0.4) is 0 Å². The second-order valence-electron chi connectivity index (χ2n) is 7.51. The van der Waals surface area contributed by atoms with E-state index in [-0.39, 0.29) is 18.6 Å². The highest BCUT2D eigenvalue weighted by Gasteiger charge is 2.27. The molecule has 0 bridgehead atoms. The Balaban J connectivity index is 2.27. The molecule has 0 aliphatic carbocycles. The van der Waals surface area contributed by atoms with Gasteiger partial charge >= 0.3 is 12.1 Å². The third-order valence-electron chi connectivity index (χ3n) is 4.01. The number of piperidine rings is 1. The number of carbonyl (C=O) groups is 2. The van der Waals surface area contributed by atoms with Crippen molar-refractivity contribution in [2.45, 2.75) is 71.4 Å². The average Bonchev–Trinajstić information content (AvgIpc) is 2.43. The Morgan fingerprint density at radius 2 is 2.09 bits per heavy atom. The van der Waals surface area contributed by atoms with Crippen molar-refractivity contribution in [1.82, 2.24) is 10.2 Å². The lowest BCUT2D eigenvalue weighted by molar-refractivity contribution is -0.137. The van der Waals surface area contributed by atoms with Crippen molar-refractivity contribution in [3.8, 4) is 0 Å². The maximum atomic E-state index is 12.1. The van der Waals surface area contributed by atoms with E-state index in [1.165, 1.54) is 0 Å². The van der Waals surface area contributed by atoms with Gasteiger partial charge in [0, 0.05) is 25.6 Å². The van der Waals surface area contributed by atoms with Crippen LogP contribution in [0.1, 0.15) is 59.8 Å². The van der Waals surface area contributed by atoms with Gasteiger partial charge in [0.2, 0.25) is 0 Å². The molecule has 1 amide bonds. The van der Waals surface area contributed by atoms with Crippen molar-refractivity contribution in [2.24, 2.45) is 5.92 Å². The number of hydrogen-bond donors (Lipinski definition) is 2. The number of hydrogen-bond acceptors (Lipinski definition) is 4. The first-order chi connectivity index (χ1) is 10.7. The molecule has 2 N–H and O–H groups in total. The van der Waals surface area contributed by atoms with Gasteiger partial charge in [-0.05, 0) is 65.8 Å². The molecule has 0 saturated carbocycles. The maximum Gasteiger partial charge on any atom is 0.410 e. The van der Waals surface area contributed by atoms with Gasteiger partial charge in [-0.1, -0.05) is 0 Å². The number of likely N-dealkylation sites (tertiary alicyclic amines) is 1. The second-order valence-corrected chi connectivity index (χ2v) is 7.51. The molecule has 2 atom stereocenters. The molecule has 1 fully saturated rings. The summed E-state index contributed by atoms with van der Waals surface area (Å²) in [6.45, 7) is 10.0. The molecule has 0 aromatic heterocycles. The standard InChI is InChI=1S/C17H32N2O4/c1-13(7-8-15(20)21)18-10-9-14-6-5-11-19(12-14)16(22)23-17(2,3)4/h13-14,18H,5-12H2,1-4H3,(H,20,21). The van der Waals surface area contributed by atoms with E-state index in [9.17, 15) is 9.59 Å². The highest BCUT2D eigenvalue weighted by atomic mass is 16.6. The zero-order valence-corrected chi connectivity index (χ0v) is 14.9. The zero-order chi connectivity index (χ0) is 17.5. The van der Waals surface area contributed by atoms with Crippen LogP contribution < -0.4 is 5.32 Å². The molecule has 0 spiro atoms. The third-order valence-corrected chi connectivity index (χ3v) is 4.01. The van der Waals surface area contributed by atoms with Gasteiger partial charge in [-0.15, -0.1) is 0 Å². The Hall–Kier alpha value is -1.30. The lowest BCUT2D eigenvalue weighted by atomic mass is 9.95. The molecule has 0 radical (unpaired) electrons. The Labute approximate surface area is 139 Å². The van der Waals surface area contributed by atoms with Crippen molar-refractivity contribution >= 4 is 12.1 Å². The van der Waals surface area contributed by atoms with Gasteiger partial charge in [0.05, 0.1) is 0 Å². The predicted octanol–water partition coefficient (Wildman–Crippen LogP) is 2.87. The molecule has 2 unspecified atom stereocenters. The molecule has 1 aliphatic heterocycles. The number of carbonyl (C=O) groups excluding carboxylic acids is 1. The van der Waals surface area contributed by atoms with E-state index in [2.05, 4.69) is 5.32 Å².